The molecule has 0 fully saturated rings. The molecule has 2 aromatic rings. The zero-order valence-electron chi connectivity index (χ0n) is 10.9. The third-order valence-corrected chi connectivity index (χ3v) is 3.98. The van der Waals surface area contributed by atoms with E-state index in [1.807, 2.05) is 6.07 Å². The Bertz CT molecular complexity index is 617. The van der Waals surface area contributed by atoms with Crippen molar-refractivity contribution in [3.63, 3.8) is 0 Å². The molecule has 0 aliphatic carbocycles. The van der Waals surface area contributed by atoms with Gasteiger partial charge in [-0.05, 0) is 17.7 Å². The van der Waals surface area contributed by atoms with Gasteiger partial charge >= 0.3 is 0 Å². The number of nitrogens with two attached hydrogens (primary N) is 1. The van der Waals surface area contributed by atoms with Crippen LogP contribution in [0.3, 0.4) is 0 Å². The maximum atomic E-state index is 10.4. The Labute approximate surface area is 127 Å². The molecule has 1 atom stereocenters. The van der Waals surface area contributed by atoms with E-state index in [-0.39, 0.29) is 0 Å². The standard InChI is InChI=1S/C15H15Cl2NO2/c1-20-13-7-3-5-10(15(13)18)12(19)8-9-4-2-6-11(16)14(9)17/h2-7,12,19H,8,18H2,1H3. The van der Waals surface area contributed by atoms with Gasteiger partial charge < -0.3 is 15.6 Å². The van der Waals surface area contributed by atoms with Gasteiger partial charge in [0.25, 0.3) is 0 Å². The number of hydrogen-bond acceptors (Lipinski definition) is 3. The zero-order chi connectivity index (χ0) is 14.7. The first-order valence-corrected chi connectivity index (χ1v) is 6.83. The molecule has 5 heteroatoms. The van der Waals surface area contributed by atoms with Crippen LogP contribution in [0.25, 0.3) is 0 Å². The van der Waals surface area contributed by atoms with Crippen molar-refractivity contribution in [1.82, 2.24) is 0 Å². The Hall–Kier alpha value is -1.42. The van der Waals surface area contributed by atoms with Gasteiger partial charge in [-0.1, -0.05) is 47.5 Å². The summed E-state index contributed by atoms with van der Waals surface area (Å²) in [5, 5.41) is 11.3. The van der Waals surface area contributed by atoms with Crippen LogP contribution in [0.2, 0.25) is 10.0 Å². The van der Waals surface area contributed by atoms with E-state index in [0.29, 0.717) is 33.5 Å². The molecule has 0 spiro atoms. The van der Waals surface area contributed by atoms with Gasteiger partial charge in [-0.15, -0.1) is 0 Å². The Morgan fingerprint density at radius 1 is 1.20 bits per heavy atom. The second-order valence-electron chi connectivity index (χ2n) is 4.40. The molecule has 0 amide bonds. The fourth-order valence-corrected chi connectivity index (χ4v) is 2.45. The molecule has 3 nitrogen and oxygen atoms in total. The number of hydrogen-bond donors (Lipinski definition) is 2. The van der Waals surface area contributed by atoms with E-state index in [2.05, 4.69) is 0 Å². The second-order valence-corrected chi connectivity index (χ2v) is 5.18. The van der Waals surface area contributed by atoms with E-state index >= 15 is 0 Å². The van der Waals surface area contributed by atoms with Gasteiger partial charge in [-0.25, -0.2) is 0 Å². The number of methoxy groups -OCH3 is 1. The third kappa shape index (κ3) is 3.01. The lowest BCUT2D eigenvalue weighted by atomic mass is 9.99. The molecule has 2 rings (SSSR count). The summed E-state index contributed by atoms with van der Waals surface area (Å²) in [5.74, 6) is 0.541. The van der Waals surface area contributed by atoms with Gasteiger partial charge in [0.15, 0.2) is 0 Å². The largest absolute Gasteiger partial charge is 0.495 e. The Kier molecular flexibility index (Phi) is 4.76. The predicted octanol–water partition coefficient (Wildman–Crippen LogP) is 3.86. The fourth-order valence-electron chi connectivity index (χ4n) is 2.05. The lowest BCUT2D eigenvalue weighted by molar-refractivity contribution is 0.179. The molecule has 0 saturated carbocycles. The lowest BCUT2D eigenvalue weighted by Gasteiger charge is -2.16. The number of benzene rings is 2. The summed E-state index contributed by atoms with van der Waals surface area (Å²) < 4.78 is 5.15. The minimum absolute atomic E-state index is 0.330. The van der Waals surface area contributed by atoms with Gasteiger partial charge in [0.2, 0.25) is 0 Å². The summed E-state index contributed by atoms with van der Waals surface area (Å²) in [6.07, 6.45) is -0.447. The number of nitrogen functional groups attached to an aromatic ring is 1. The molecule has 0 aliphatic rings. The minimum atomic E-state index is -0.777. The van der Waals surface area contributed by atoms with E-state index in [1.54, 1.807) is 30.3 Å². The number of ether oxygens (including phenoxy) is 1. The molecule has 0 radical (unpaired) electrons. The molecular weight excluding hydrogens is 297 g/mol. The number of aliphatic hydroxyl groups excluding tert-OH is 1. The van der Waals surface area contributed by atoms with Crippen molar-refractivity contribution in [2.75, 3.05) is 12.8 Å². The number of para-hydroxylation sites is 1. The zero-order valence-corrected chi connectivity index (χ0v) is 12.4. The van der Waals surface area contributed by atoms with E-state index in [9.17, 15) is 5.11 Å². The van der Waals surface area contributed by atoms with Crippen molar-refractivity contribution >= 4 is 28.9 Å². The second kappa shape index (κ2) is 6.35. The maximum Gasteiger partial charge on any atom is 0.142 e. The molecule has 0 aliphatic heterocycles. The van der Waals surface area contributed by atoms with E-state index in [1.165, 1.54) is 7.11 Å². The number of rotatable bonds is 4. The van der Waals surface area contributed by atoms with Crippen molar-refractivity contribution in [2.24, 2.45) is 0 Å². The first kappa shape index (κ1) is 15.0. The van der Waals surface area contributed by atoms with Crippen molar-refractivity contribution in [2.45, 2.75) is 12.5 Å². The summed E-state index contributed by atoms with van der Waals surface area (Å²) in [6, 6.07) is 10.6. The molecule has 0 bridgehead atoms. The molecule has 20 heavy (non-hydrogen) atoms. The smallest absolute Gasteiger partial charge is 0.142 e. The highest BCUT2D eigenvalue weighted by molar-refractivity contribution is 6.42. The van der Waals surface area contributed by atoms with Crippen molar-refractivity contribution in [3.8, 4) is 5.75 Å². The van der Waals surface area contributed by atoms with Gasteiger partial charge in [0.05, 0.1) is 28.9 Å². The molecular formula is C15H15Cl2NO2. The fraction of sp³-hybridized carbons (Fsp3) is 0.200. The number of anilines is 1. The molecule has 106 valence electrons. The highest BCUT2D eigenvalue weighted by Gasteiger charge is 2.16. The van der Waals surface area contributed by atoms with Crippen LogP contribution in [0, 0.1) is 0 Å². The minimum Gasteiger partial charge on any atom is -0.495 e. The SMILES string of the molecule is COc1cccc(C(O)Cc2cccc(Cl)c2Cl)c1N. The van der Waals surface area contributed by atoms with E-state index in [4.69, 9.17) is 33.7 Å². The van der Waals surface area contributed by atoms with Gasteiger partial charge in [-0.2, -0.15) is 0 Å². The van der Waals surface area contributed by atoms with Gasteiger partial charge in [-0.3, -0.25) is 0 Å². The summed E-state index contributed by atoms with van der Waals surface area (Å²) in [6.45, 7) is 0. The average molecular weight is 312 g/mol. The Morgan fingerprint density at radius 2 is 1.90 bits per heavy atom. The first-order valence-electron chi connectivity index (χ1n) is 6.08. The van der Waals surface area contributed by atoms with E-state index < -0.39 is 6.10 Å². The lowest BCUT2D eigenvalue weighted by Crippen LogP contribution is -2.07. The summed E-state index contributed by atoms with van der Waals surface area (Å²) in [5.41, 5.74) is 7.79. The van der Waals surface area contributed by atoms with Crippen LogP contribution in [0.5, 0.6) is 5.75 Å². The topological polar surface area (TPSA) is 55.5 Å². The summed E-state index contributed by atoms with van der Waals surface area (Å²) in [4.78, 5) is 0. The van der Waals surface area contributed by atoms with E-state index in [0.717, 1.165) is 5.56 Å². The van der Waals surface area contributed by atoms with Gasteiger partial charge in [0.1, 0.15) is 5.75 Å². The molecule has 1 unspecified atom stereocenters. The molecule has 0 heterocycles. The van der Waals surface area contributed by atoms with Crippen LogP contribution >= 0.6 is 23.2 Å². The Balaban J connectivity index is 2.28. The van der Waals surface area contributed by atoms with Crippen molar-refractivity contribution in [3.05, 3.63) is 57.6 Å². The number of aliphatic hydroxyl groups is 1. The van der Waals surface area contributed by atoms with Crippen LogP contribution in [-0.2, 0) is 6.42 Å². The highest BCUT2D eigenvalue weighted by Crippen LogP contribution is 2.33. The van der Waals surface area contributed by atoms with Crippen LogP contribution < -0.4 is 10.5 Å². The third-order valence-electron chi connectivity index (χ3n) is 3.12. The van der Waals surface area contributed by atoms with Crippen LogP contribution in [-0.4, -0.2) is 12.2 Å². The van der Waals surface area contributed by atoms with Crippen molar-refractivity contribution in [1.29, 1.82) is 0 Å². The number of halogens is 2. The average Bonchev–Trinajstić information content (AvgIpc) is 2.44. The molecule has 0 saturated heterocycles. The van der Waals surface area contributed by atoms with Crippen LogP contribution in [0.1, 0.15) is 17.2 Å². The maximum absolute atomic E-state index is 10.4. The van der Waals surface area contributed by atoms with Gasteiger partial charge in [0, 0.05) is 12.0 Å². The first-order chi connectivity index (χ1) is 9.54. The normalized spacial score (nSPS) is 12.2. The highest BCUT2D eigenvalue weighted by atomic mass is 35.5. The summed E-state index contributed by atoms with van der Waals surface area (Å²) in [7, 11) is 1.54. The summed E-state index contributed by atoms with van der Waals surface area (Å²) >= 11 is 12.1. The van der Waals surface area contributed by atoms with Crippen LogP contribution in [0.4, 0.5) is 5.69 Å². The quantitative estimate of drug-likeness (QED) is 0.843. The monoisotopic (exact) mass is 311 g/mol. The van der Waals surface area contributed by atoms with Crippen molar-refractivity contribution < 1.29 is 9.84 Å². The van der Waals surface area contributed by atoms with Crippen LogP contribution in [0.15, 0.2) is 36.4 Å². The molecule has 0 aromatic heterocycles. The Morgan fingerprint density at radius 3 is 2.60 bits per heavy atom. The molecule has 2 aromatic carbocycles. The predicted molar refractivity (Wildman–Crippen MR) is 82.5 cm³/mol. The molecule has 3 N–H and O–H groups in total.